The van der Waals surface area contributed by atoms with Gasteiger partial charge in [-0.25, -0.2) is 0 Å². The van der Waals surface area contributed by atoms with E-state index in [2.05, 4.69) is 38.0 Å². The molecule has 0 unspecified atom stereocenters. The molecule has 0 atom stereocenters. The summed E-state index contributed by atoms with van der Waals surface area (Å²) in [6, 6.07) is 0. The Hall–Kier alpha value is -0.0800. The molecule has 16 heavy (non-hydrogen) atoms. The van der Waals surface area contributed by atoms with Crippen LogP contribution in [0.1, 0.15) is 54.3 Å². The van der Waals surface area contributed by atoms with Crippen LogP contribution in [0.2, 0.25) is 0 Å². The van der Waals surface area contributed by atoms with Crippen LogP contribution in [0.3, 0.4) is 0 Å². The minimum Gasteiger partial charge on any atom is -0.317 e. The lowest BCUT2D eigenvalue weighted by atomic mass is 10.1. The number of nitrogens with zero attached hydrogens (tertiary/aromatic N) is 1. The van der Waals surface area contributed by atoms with Crippen molar-refractivity contribution in [3.05, 3.63) is 0 Å². The molecule has 0 radical (unpaired) electrons. The van der Waals surface area contributed by atoms with E-state index < -0.39 is 0 Å². The Morgan fingerprint density at radius 2 is 1.75 bits per heavy atom. The highest BCUT2D eigenvalue weighted by molar-refractivity contribution is 4.55. The molecule has 0 spiro atoms. The van der Waals surface area contributed by atoms with Crippen molar-refractivity contribution in [1.82, 2.24) is 10.2 Å². The van der Waals surface area contributed by atoms with Gasteiger partial charge in [0.05, 0.1) is 0 Å². The van der Waals surface area contributed by atoms with Gasteiger partial charge in [-0.3, -0.25) is 0 Å². The molecule has 0 saturated carbocycles. The van der Waals surface area contributed by atoms with Crippen LogP contribution in [0.25, 0.3) is 0 Å². The minimum atomic E-state index is 0. The number of nitrogens with one attached hydrogen (secondary N) is 1. The summed E-state index contributed by atoms with van der Waals surface area (Å²) >= 11 is 0. The average Bonchev–Trinajstić information content (AvgIpc) is 2.22. The summed E-state index contributed by atoms with van der Waals surface area (Å²) in [7, 11) is 2.25. The van der Waals surface area contributed by atoms with Crippen molar-refractivity contribution in [3.8, 4) is 0 Å². The third-order valence-electron chi connectivity index (χ3n) is 2.96. The summed E-state index contributed by atoms with van der Waals surface area (Å²) in [5.41, 5.74) is 0. The van der Waals surface area contributed by atoms with Gasteiger partial charge in [-0.05, 0) is 64.8 Å². The fraction of sp³-hybridized carbons (Fsp3) is 1.00. The molecule has 0 aliphatic carbocycles. The lowest BCUT2D eigenvalue weighted by Crippen LogP contribution is -2.21. The van der Waals surface area contributed by atoms with Crippen LogP contribution >= 0.6 is 0 Å². The van der Waals surface area contributed by atoms with E-state index in [1.54, 1.807) is 0 Å². The van der Waals surface area contributed by atoms with Crippen molar-refractivity contribution in [2.24, 2.45) is 5.92 Å². The van der Waals surface area contributed by atoms with Crippen molar-refractivity contribution < 1.29 is 1.43 Å². The van der Waals surface area contributed by atoms with E-state index >= 15 is 0 Å². The van der Waals surface area contributed by atoms with Crippen molar-refractivity contribution in [2.45, 2.75) is 52.9 Å². The summed E-state index contributed by atoms with van der Waals surface area (Å²) < 4.78 is 0. The minimum absolute atomic E-state index is 0. The van der Waals surface area contributed by atoms with Gasteiger partial charge in [0, 0.05) is 1.43 Å². The largest absolute Gasteiger partial charge is 0.317 e. The van der Waals surface area contributed by atoms with Crippen molar-refractivity contribution in [1.29, 1.82) is 0 Å². The molecule has 100 valence electrons. The van der Waals surface area contributed by atoms with Crippen LogP contribution in [-0.4, -0.2) is 38.1 Å². The molecular formula is C14H34N2. The second kappa shape index (κ2) is 11.4. The third-order valence-corrected chi connectivity index (χ3v) is 2.96. The molecule has 0 aromatic rings. The van der Waals surface area contributed by atoms with E-state index in [1.165, 1.54) is 51.7 Å². The summed E-state index contributed by atoms with van der Waals surface area (Å²) in [5.74, 6) is 0.855. The Kier molecular flexibility index (Phi) is 11.3. The zero-order valence-corrected chi connectivity index (χ0v) is 11.9. The number of unbranched alkanes of at least 4 members (excludes halogenated alkanes) is 2. The maximum Gasteiger partial charge on any atom is 0 e. The highest BCUT2D eigenvalue weighted by Crippen LogP contribution is 2.04. The van der Waals surface area contributed by atoms with Gasteiger partial charge in [0.1, 0.15) is 0 Å². The SMILES string of the molecule is CCNCCCCCN(C)CCCC(C)C.[HH]. The predicted molar refractivity (Wildman–Crippen MR) is 76.1 cm³/mol. The summed E-state index contributed by atoms with van der Waals surface area (Å²) in [5, 5.41) is 3.37. The summed E-state index contributed by atoms with van der Waals surface area (Å²) in [4.78, 5) is 2.48. The van der Waals surface area contributed by atoms with Gasteiger partial charge >= 0.3 is 0 Å². The monoisotopic (exact) mass is 230 g/mol. The molecule has 2 nitrogen and oxygen atoms in total. The lowest BCUT2D eigenvalue weighted by Gasteiger charge is -2.16. The van der Waals surface area contributed by atoms with Gasteiger partial charge in [0.15, 0.2) is 0 Å². The Morgan fingerprint density at radius 1 is 1.06 bits per heavy atom. The average molecular weight is 230 g/mol. The Labute approximate surface area is 104 Å². The van der Waals surface area contributed by atoms with E-state index in [0.717, 1.165) is 12.5 Å². The third kappa shape index (κ3) is 12.0. The second-order valence-corrected chi connectivity index (χ2v) is 5.25. The smallest absolute Gasteiger partial charge is 0 e. The number of hydrogen-bond donors (Lipinski definition) is 1. The molecular weight excluding hydrogens is 196 g/mol. The number of rotatable bonds is 11. The maximum atomic E-state index is 3.37. The van der Waals surface area contributed by atoms with Gasteiger partial charge in [0.25, 0.3) is 0 Å². The van der Waals surface area contributed by atoms with E-state index in [0.29, 0.717) is 0 Å². The quantitative estimate of drug-likeness (QED) is 0.547. The normalized spacial score (nSPS) is 11.6. The fourth-order valence-electron chi connectivity index (χ4n) is 1.87. The molecule has 0 bridgehead atoms. The predicted octanol–water partition coefficient (Wildman–Crippen LogP) is 3.38. The highest BCUT2D eigenvalue weighted by Gasteiger charge is 1.99. The zero-order chi connectivity index (χ0) is 12.2. The van der Waals surface area contributed by atoms with Crippen molar-refractivity contribution in [3.63, 3.8) is 0 Å². The molecule has 0 saturated heterocycles. The Balaban J connectivity index is 0. The Bertz CT molecular complexity index is 140. The van der Waals surface area contributed by atoms with Gasteiger partial charge in [-0.15, -0.1) is 0 Å². The van der Waals surface area contributed by atoms with Crippen LogP contribution in [-0.2, 0) is 0 Å². The van der Waals surface area contributed by atoms with Crippen LogP contribution < -0.4 is 5.32 Å². The van der Waals surface area contributed by atoms with E-state index in [1.807, 2.05) is 0 Å². The first-order valence-electron chi connectivity index (χ1n) is 7.06. The highest BCUT2D eigenvalue weighted by atomic mass is 15.1. The first-order chi connectivity index (χ1) is 7.66. The topological polar surface area (TPSA) is 15.3 Å². The van der Waals surface area contributed by atoms with E-state index in [4.69, 9.17) is 0 Å². The molecule has 0 rings (SSSR count). The Morgan fingerprint density at radius 3 is 2.38 bits per heavy atom. The molecule has 0 fully saturated rings. The van der Waals surface area contributed by atoms with Crippen molar-refractivity contribution in [2.75, 3.05) is 33.2 Å². The number of hydrogen-bond acceptors (Lipinski definition) is 2. The standard InChI is InChI=1S/C14H32N2.H2/c1-5-15-11-7-6-8-12-16(4)13-9-10-14(2)3;/h14-15H,5-13H2,1-4H3;1H. The second-order valence-electron chi connectivity index (χ2n) is 5.25. The van der Waals surface area contributed by atoms with Gasteiger partial charge in [-0.2, -0.15) is 0 Å². The van der Waals surface area contributed by atoms with Crippen LogP contribution in [0.4, 0.5) is 0 Å². The molecule has 0 aliphatic heterocycles. The molecule has 1 N–H and O–H groups in total. The summed E-state index contributed by atoms with van der Waals surface area (Å²) in [6.07, 6.45) is 6.76. The zero-order valence-electron chi connectivity index (χ0n) is 11.9. The van der Waals surface area contributed by atoms with Crippen LogP contribution in [0.15, 0.2) is 0 Å². The fourth-order valence-corrected chi connectivity index (χ4v) is 1.87. The maximum absolute atomic E-state index is 3.37. The van der Waals surface area contributed by atoms with Crippen LogP contribution in [0.5, 0.6) is 0 Å². The molecule has 0 aromatic heterocycles. The van der Waals surface area contributed by atoms with E-state index in [9.17, 15) is 0 Å². The van der Waals surface area contributed by atoms with Crippen LogP contribution in [0, 0.1) is 5.92 Å². The lowest BCUT2D eigenvalue weighted by molar-refractivity contribution is 0.309. The summed E-state index contributed by atoms with van der Waals surface area (Å²) in [6.45, 7) is 11.6. The van der Waals surface area contributed by atoms with Gasteiger partial charge < -0.3 is 10.2 Å². The molecule has 0 heterocycles. The van der Waals surface area contributed by atoms with Gasteiger partial charge in [0.2, 0.25) is 0 Å². The first-order valence-corrected chi connectivity index (χ1v) is 7.06. The molecule has 0 aliphatic rings. The van der Waals surface area contributed by atoms with Gasteiger partial charge in [-0.1, -0.05) is 27.2 Å². The molecule has 2 heteroatoms. The van der Waals surface area contributed by atoms with Crippen molar-refractivity contribution >= 4 is 0 Å². The first kappa shape index (κ1) is 15.9. The van der Waals surface area contributed by atoms with E-state index in [-0.39, 0.29) is 1.43 Å². The molecule has 0 aromatic carbocycles. The molecule has 0 amide bonds.